The van der Waals surface area contributed by atoms with Crippen LogP contribution in [0.4, 0.5) is 0 Å². The first kappa shape index (κ1) is 19.6. The summed E-state index contributed by atoms with van der Waals surface area (Å²) in [5.41, 5.74) is 2.21. The Balaban J connectivity index is 1.56. The second-order valence-electron chi connectivity index (χ2n) is 8.39. The van der Waals surface area contributed by atoms with Crippen LogP contribution in [-0.2, 0) is 23.7 Å². The van der Waals surface area contributed by atoms with Gasteiger partial charge in [0.1, 0.15) is 24.1 Å². The number of hydrogen-bond acceptors (Lipinski definition) is 6. The molecule has 3 aliphatic heterocycles. The molecule has 0 radical (unpaired) electrons. The molecule has 0 saturated carbocycles. The summed E-state index contributed by atoms with van der Waals surface area (Å²) < 4.78 is 37.5. The fraction of sp³-hybridized carbons (Fsp3) is 0.700. The van der Waals surface area contributed by atoms with Crippen molar-refractivity contribution in [1.82, 2.24) is 0 Å². The van der Waals surface area contributed by atoms with E-state index in [-0.39, 0.29) is 24.4 Å². The smallest absolute Gasteiger partial charge is 0.229 e. The van der Waals surface area contributed by atoms with Gasteiger partial charge in [-0.05, 0) is 64.8 Å². The molecule has 3 heterocycles. The molecular weight excluding hydrogens is 416 g/mol. The highest BCUT2D eigenvalue weighted by Crippen LogP contribution is 2.43. The number of hydrogen-bond donors (Lipinski definition) is 0. The zero-order valence-electron chi connectivity index (χ0n) is 16.6. The van der Waals surface area contributed by atoms with E-state index in [4.69, 9.17) is 28.4 Å². The molecule has 27 heavy (non-hydrogen) atoms. The molecule has 0 aliphatic carbocycles. The van der Waals surface area contributed by atoms with Gasteiger partial charge in [0, 0.05) is 4.47 Å². The highest BCUT2D eigenvalue weighted by Gasteiger charge is 2.60. The zero-order valence-corrected chi connectivity index (χ0v) is 18.2. The Morgan fingerprint density at radius 2 is 1.56 bits per heavy atom. The van der Waals surface area contributed by atoms with E-state index in [1.165, 1.54) is 0 Å². The van der Waals surface area contributed by atoms with Crippen LogP contribution in [0.15, 0.2) is 16.6 Å². The van der Waals surface area contributed by atoms with Crippen molar-refractivity contribution in [2.24, 2.45) is 0 Å². The molecule has 0 amide bonds. The van der Waals surface area contributed by atoms with Crippen LogP contribution < -0.4 is 4.74 Å². The van der Waals surface area contributed by atoms with Gasteiger partial charge in [0.15, 0.2) is 17.7 Å². The van der Waals surface area contributed by atoms with Gasteiger partial charge in [0.25, 0.3) is 0 Å². The first-order valence-electron chi connectivity index (χ1n) is 9.31. The van der Waals surface area contributed by atoms with Gasteiger partial charge < -0.3 is 28.4 Å². The van der Waals surface area contributed by atoms with E-state index in [1.54, 1.807) is 0 Å². The summed E-state index contributed by atoms with van der Waals surface area (Å²) in [6.45, 7) is 12.1. The molecule has 3 aliphatic rings. The van der Waals surface area contributed by atoms with Crippen LogP contribution in [0.2, 0.25) is 0 Å². The van der Waals surface area contributed by atoms with Gasteiger partial charge in [0.2, 0.25) is 6.29 Å². The lowest BCUT2D eigenvalue weighted by Crippen LogP contribution is -2.40. The van der Waals surface area contributed by atoms with Crippen molar-refractivity contribution < 1.29 is 28.4 Å². The van der Waals surface area contributed by atoms with Crippen LogP contribution in [-0.4, -0.2) is 48.9 Å². The molecule has 6 nitrogen and oxygen atoms in total. The highest BCUT2D eigenvalue weighted by atomic mass is 79.9. The van der Waals surface area contributed by atoms with Gasteiger partial charge in [-0.3, -0.25) is 0 Å². The maximum absolute atomic E-state index is 6.22. The van der Waals surface area contributed by atoms with Crippen LogP contribution in [0.1, 0.15) is 38.8 Å². The molecule has 7 heteroatoms. The molecule has 1 aromatic carbocycles. The van der Waals surface area contributed by atoms with Gasteiger partial charge in [0.05, 0.1) is 6.61 Å². The number of aryl methyl sites for hydroxylation is 2. The lowest BCUT2D eigenvalue weighted by atomic mass is 10.1. The second-order valence-corrected chi connectivity index (χ2v) is 9.18. The summed E-state index contributed by atoms with van der Waals surface area (Å²) in [6, 6.07) is 3.98. The Morgan fingerprint density at radius 3 is 2.15 bits per heavy atom. The summed E-state index contributed by atoms with van der Waals surface area (Å²) in [7, 11) is 0. The summed E-state index contributed by atoms with van der Waals surface area (Å²) in [5, 5.41) is 0. The van der Waals surface area contributed by atoms with Crippen molar-refractivity contribution in [3.05, 3.63) is 27.7 Å². The lowest BCUT2D eigenvalue weighted by Gasteiger charge is -2.27. The van der Waals surface area contributed by atoms with Crippen LogP contribution in [0.5, 0.6) is 5.75 Å². The number of fused-ring (bicyclic) bond motifs is 1. The molecule has 0 aromatic heterocycles. The van der Waals surface area contributed by atoms with Crippen LogP contribution in [0.25, 0.3) is 0 Å². The summed E-state index contributed by atoms with van der Waals surface area (Å²) >= 11 is 3.59. The maximum Gasteiger partial charge on any atom is 0.229 e. The van der Waals surface area contributed by atoms with Crippen LogP contribution >= 0.6 is 15.9 Å². The maximum atomic E-state index is 6.22. The Morgan fingerprint density at radius 1 is 0.926 bits per heavy atom. The molecule has 5 atom stereocenters. The van der Waals surface area contributed by atoms with E-state index in [1.807, 2.05) is 53.7 Å². The van der Waals surface area contributed by atoms with E-state index >= 15 is 0 Å². The van der Waals surface area contributed by atoms with E-state index in [0.29, 0.717) is 6.61 Å². The monoisotopic (exact) mass is 442 g/mol. The Labute approximate surface area is 168 Å². The number of halogens is 1. The van der Waals surface area contributed by atoms with E-state index in [2.05, 4.69) is 15.9 Å². The van der Waals surface area contributed by atoms with Crippen LogP contribution in [0, 0.1) is 13.8 Å². The Hall–Kier alpha value is -0.700. The largest absolute Gasteiger partial charge is 0.462 e. The fourth-order valence-electron chi connectivity index (χ4n) is 3.97. The number of benzene rings is 1. The van der Waals surface area contributed by atoms with Crippen molar-refractivity contribution in [1.29, 1.82) is 0 Å². The molecule has 0 bridgehead atoms. The summed E-state index contributed by atoms with van der Waals surface area (Å²) in [6.07, 6.45) is -1.73. The van der Waals surface area contributed by atoms with Crippen molar-refractivity contribution in [3.63, 3.8) is 0 Å². The fourth-order valence-corrected chi connectivity index (χ4v) is 4.20. The third-order valence-electron chi connectivity index (χ3n) is 5.11. The molecular formula is C20H27BrO6. The first-order chi connectivity index (χ1) is 12.5. The minimum absolute atomic E-state index is 0.230. The predicted octanol–water partition coefficient (Wildman–Crippen LogP) is 3.84. The SMILES string of the molecule is Cc1cc(O[C@H]2O[C@H]([C@H]3COC(C)(C)O3)[C@@H]3OC(C)(C)O[C@H]23)cc(C)c1Br. The minimum atomic E-state index is -0.695. The number of rotatable bonds is 3. The van der Waals surface area contributed by atoms with Gasteiger partial charge in [-0.15, -0.1) is 0 Å². The van der Waals surface area contributed by atoms with Gasteiger partial charge in [-0.2, -0.15) is 0 Å². The molecule has 0 unspecified atom stereocenters. The quantitative estimate of drug-likeness (QED) is 0.708. The molecule has 0 N–H and O–H groups in total. The zero-order chi connectivity index (χ0) is 19.6. The van der Waals surface area contributed by atoms with Crippen molar-refractivity contribution >= 4 is 15.9 Å². The van der Waals surface area contributed by atoms with Crippen molar-refractivity contribution in [3.8, 4) is 5.75 Å². The van der Waals surface area contributed by atoms with E-state index in [0.717, 1.165) is 21.3 Å². The normalized spacial score (nSPS) is 36.8. The number of ether oxygens (including phenoxy) is 6. The molecule has 4 rings (SSSR count). The van der Waals surface area contributed by atoms with Gasteiger partial charge in [-0.1, -0.05) is 15.9 Å². The van der Waals surface area contributed by atoms with E-state index in [9.17, 15) is 0 Å². The van der Waals surface area contributed by atoms with Gasteiger partial charge >= 0.3 is 0 Å². The average Bonchev–Trinajstić information content (AvgIpc) is 3.16. The van der Waals surface area contributed by atoms with Gasteiger partial charge in [-0.25, -0.2) is 0 Å². The third kappa shape index (κ3) is 3.78. The predicted molar refractivity (Wildman–Crippen MR) is 102 cm³/mol. The highest BCUT2D eigenvalue weighted by molar-refractivity contribution is 9.10. The Bertz CT molecular complexity index is 710. The molecule has 3 saturated heterocycles. The van der Waals surface area contributed by atoms with Crippen LogP contribution in [0.3, 0.4) is 0 Å². The van der Waals surface area contributed by atoms with Crippen molar-refractivity contribution in [2.45, 2.75) is 83.8 Å². The Kier molecular flexibility index (Phi) is 4.85. The molecule has 1 aromatic rings. The first-order valence-corrected chi connectivity index (χ1v) is 10.1. The molecule has 0 spiro atoms. The third-order valence-corrected chi connectivity index (χ3v) is 6.36. The summed E-state index contributed by atoms with van der Waals surface area (Å²) in [4.78, 5) is 0. The van der Waals surface area contributed by atoms with E-state index < -0.39 is 17.9 Å². The standard InChI is InChI=1S/C20H27BrO6/c1-10-7-12(8-11(2)14(10)21)23-18-17-16(26-20(5,6)27-17)15(24-18)13-9-22-19(3,4)25-13/h7-8,13,15-18H,9H2,1-6H3/t13-,15-,16+,17+,18+/m1/s1. The lowest BCUT2D eigenvalue weighted by molar-refractivity contribution is -0.230. The minimum Gasteiger partial charge on any atom is -0.462 e. The molecule has 150 valence electrons. The average molecular weight is 443 g/mol. The summed E-state index contributed by atoms with van der Waals surface area (Å²) in [5.74, 6) is -0.577. The molecule has 3 fully saturated rings. The topological polar surface area (TPSA) is 55.4 Å². The second kappa shape index (κ2) is 6.68. The van der Waals surface area contributed by atoms with Crippen molar-refractivity contribution in [2.75, 3.05) is 6.61 Å².